The highest BCUT2D eigenvalue weighted by Gasteiger charge is 2.11. The van der Waals surface area contributed by atoms with Crippen LogP contribution in [0.1, 0.15) is 30.9 Å². The Balaban J connectivity index is 1.67. The molecule has 3 N–H and O–H groups in total. The molecule has 0 atom stereocenters. The molecule has 0 unspecified atom stereocenters. The van der Waals surface area contributed by atoms with Crippen LogP contribution in [-0.4, -0.2) is 14.9 Å². The van der Waals surface area contributed by atoms with Gasteiger partial charge in [-0.05, 0) is 48.2 Å². The summed E-state index contributed by atoms with van der Waals surface area (Å²) in [5, 5.41) is 12.1. The zero-order valence-corrected chi connectivity index (χ0v) is 17.1. The zero-order chi connectivity index (χ0) is 19.9. The maximum Gasteiger partial charge on any atom is 0.315 e. The second kappa shape index (κ2) is 9.61. The number of unbranched alkanes of at least 4 members (excludes halogenated alkanes) is 1. The summed E-state index contributed by atoms with van der Waals surface area (Å²) in [5.74, 6) is 6.63. The van der Waals surface area contributed by atoms with Gasteiger partial charge in [0.15, 0.2) is 0 Å². The largest absolute Gasteiger partial charge is 0.334 e. The second-order valence-corrected chi connectivity index (χ2v) is 7.73. The number of thioether (sulfide) groups is 1. The van der Waals surface area contributed by atoms with E-state index in [2.05, 4.69) is 22.4 Å². The number of anilines is 2. The number of halogens is 1. The highest BCUT2D eigenvalue weighted by molar-refractivity contribution is 7.98. The first-order chi connectivity index (χ1) is 13.6. The molecule has 6 nitrogen and oxygen atoms in total. The molecule has 8 heteroatoms. The lowest BCUT2D eigenvalue weighted by Gasteiger charge is -2.09. The van der Waals surface area contributed by atoms with E-state index in [9.17, 15) is 4.79 Å². The molecule has 3 aromatic rings. The molecule has 0 saturated heterocycles. The number of nitrogens with zero attached hydrogens (tertiary/aromatic N) is 3. The molecule has 0 bridgehead atoms. The van der Waals surface area contributed by atoms with Crippen molar-refractivity contribution in [1.82, 2.24) is 14.9 Å². The normalized spacial score (nSPS) is 10.8. The predicted molar refractivity (Wildman–Crippen MR) is 116 cm³/mol. The average molecular weight is 416 g/mol. The molecule has 0 amide bonds. The lowest BCUT2D eigenvalue weighted by Crippen LogP contribution is -2.32. The van der Waals surface area contributed by atoms with E-state index in [1.165, 1.54) is 17.3 Å². The van der Waals surface area contributed by atoms with Crippen molar-refractivity contribution in [3.8, 4) is 0 Å². The van der Waals surface area contributed by atoms with Crippen LogP contribution in [0.25, 0.3) is 0 Å². The fourth-order valence-corrected chi connectivity index (χ4v) is 3.50. The maximum atomic E-state index is 12.5. The number of nitrogen functional groups attached to an aromatic ring is 1. The number of nitrogens with two attached hydrogens (primary N) is 1. The molecular weight excluding hydrogens is 394 g/mol. The maximum absolute atomic E-state index is 12.5. The first-order valence-electron chi connectivity index (χ1n) is 9.05. The number of hydrogen-bond acceptors (Lipinski definition) is 6. The third kappa shape index (κ3) is 5.27. The van der Waals surface area contributed by atoms with Gasteiger partial charge in [0.1, 0.15) is 0 Å². The first-order valence-corrected chi connectivity index (χ1v) is 10.4. The molecule has 1 aromatic heterocycles. The second-order valence-electron chi connectivity index (χ2n) is 6.35. The summed E-state index contributed by atoms with van der Waals surface area (Å²) in [6.45, 7) is 2.17. The number of nitrogens with one attached hydrogen (secondary N) is 1. The van der Waals surface area contributed by atoms with Gasteiger partial charge in [0.25, 0.3) is 0 Å². The highest BCUT2D eigenvalue weighted by Crippen LogP contribution is 2.21. The van der Waals surface area contributed by atoms with Crippen molar-refractivity contribution < 1.29 is 0 Å². The van der Waals surface area contributed by atoms with E-state index in [-0.39, 0.29) is 5.82 Å². The van der Waals surface area contributed by atoms with Crippen molar-refractivity contribution in [1.29, 1.82) is 0 Å². The van der Waals surface area contributed by atoms with E-state index < -0.39 is 5.56 Å². The smallest absolute Gasteiger partial charge is 0.315 e. The lowest BCUT2D eigenvalue weighted by atomic mass is 10.1. The van der Waals surface area contributed by atoms with Crippen molar-refractivity contribution in [3.63, 3.8) is 0 Å². The van der Waals surface area contributed by atoms with Crippen LogP contribution >= 0.6 is 23.4 Å². The summed E-state index contributed by atoms with van der Waals surface area (Å²) in [6, 6.07) is 15.4. The van der Waals surface area contributed by atoms with Crippen molar-refractivity contribution >= 4 is 34.9 Å². The molecule has 0 fully saturated rings. The Labute approximate surface area is 173 Å². The minimum atomic E-state index is -0.427. The minimum Gasteiger partial charge on any atom is -0.334 e. The topological polar surface area (TPSA) is 85.8 Å². The van der Waals surface area contributed by atoms with Crippen LogP contribution in [0.5, 0.6) is 0 Å². The predicted octanol–water partition coefficient (Wildman–Crippen LogP) is 4.38. The van der Waals surface area contributed by atoms with Gasteiger partial charge >= 0.3 is 5.56 Å². The van der Waals surface area contributed by atoms with Crippen LogP contribution in [0, 0.1) is 0 Å². The van der Waals surface area contributed by atoms with Gasteiger partial charge in [0.05, 0.1) is 0 Å². The van der Waals surface area contributed by atoms with Crippen LogP contribution in [0.2, 0.25) is 5.02 Å². The Kier molecular flexibility index (Phi) is 6.95. The number of rotatable bonds is 8. The first kappa shape index (κ1) is 20.2. The molecule has 0 radical (unpaired) electrons. The van der Waals surface area contributed by atoms with Gasteiger partial charge in [-0.1, -0.05) is 61.0 Å². The third-order valence-corrected chi connectivity index (χ3v) is 5.45. The van der Waals surface area contributed by atoms with Crippen LogP contribution in [0.3, 0.4) is 0 Å². The third-order valence-electron chi connectivity index (χ3n) is 4.18. The van der Waals surface area contributed by atoms with E-state index in [1.54, 1.807) is 0 Å². The molecule has 0 aliphatic heterocycles. The summed E-state index contributed by atoms with van der Waals surface area (Å²) in [6.07, 6.45) is 3.37. The average Bonchev–Trinajstić information content (AvgIpc) is 2.71. The lowest BCUT2D eigenvalue weighted by molar-refractivity contribution is 0.705. The molecule has 0 saturated carbocycles. The van der Waals surface area contributed by atoms with E-state index in [0.29, 0.717) is 15.9 Å². The Morgan fingerprint density at radius 3 is 2.43 bits per heavy atom. The van der Waals surface area contributed by atoms with E-state index >= 15 is 0 Å². The molecular formula is C20H22ClN5OS. The molecule has 1 heterocycles. The van der Waals surface area contributed by atoms with E-state index in [4.69, 9.17) is 17.4 Å². The molecule has 0 spiro atoms. The van der Waals surface area contributed by atoms with Crippen molar-refractivity contribution in [2.24, 2.45) is 0 Å². The number of aromatic nitrogens is 3. The summed E-state index contributed by atoms with van der Waals surface area (Å²) in [4.78, 5) is 12.5. The summed E-state index contributed by atoms with van der Waals surface area (Å²) in [5.41, 5.74) is 2.66. The Hall–Kier alpha value is -2.51. The molecule has 2 aromatic carbocycles. The van der Waals surface area contributed by atoms with Crippen LogP contribution in [0.15, 0.2) is 58.5 Å². The Bertz CT molecular complexity index is 973. The fourth-order valence-electron chi connectivity index (χ4n) is 2.56. The van der Waals surface area contributed by atoms with Gasteiger partial charge in [-0.2, -0.15) is 4.68 Å². The Morgan fingerprint density at radius 2 is 1.75 bits per heavy atom. The molecule has 0 aliphatic carbocycles. The van der Waals surface area contributed by atoms with Crippen LogP contribution in [0.4, 0.5) is 11.5 Å². The number of benzene rings is 2. The fraction of sp³-hybridized carbons (Fsp3) is 0.250. The van der Waals surface area contributed by atoms with E-state index in [1.807, 2.05) is 48.5 Å². The van der Waals surface area contributed by atoms with E-state index in [0.717, 1.165) is 35.2 Å². The number of hydrogen-bond donors (Lipinski definition) is 2. The van der Waals surface area contributed by atoms with Gasteiger partial charge in [0, 0.05) is 16.5 Å². The van der Waals surface area contributed by atoms with Gasteiger partial charge in [-0.3, -0.25) is 4.79 Å². The Morgan fingerprint density at radius 1 is 1.07 bits per heavy atom. The van der Waals surface area contributed by atoms with Crippen molar-refractivity contribution in [3.05, 3.63) is 75.0 Å². The molecule has 3 rings (SSSR count). The molecule has 28 heavy (non-hydrogen) atoms. The van der Waals surface area contributed by atoms with Gasteiger partial charge in [-0.15, -0.1) is 10.2 Å². The van der Waals surface area contributed by atoms with Crippen molar-refractivity contribution in [2.45, 2.75) is 37.1 Å². The van der Waals surface area contributed by atoms with Gasteiger partial charge in [-0.25, -0.2) is 0 Å². The molecule has 146 valence electrons. The zero-order valence-electron chi connectivity index (χ0n) is 15.6. The SMILES string of the molecule is CCCCc1ccc(Nc2nnc(SCc3ccc(Cl)cc3)n(N)c2=O)cc1. The quantitative estimate of drug-likeness (QED) is 0.419. The summed E-state index contributed by atoms with van der Waals surface area (Å²) >= 11 is 7.23. The van der Waals surface area contributed by atoms with Crippen LogP contribution < -0.4 is 16.7 Å². The molecule has 0 aliphatic rings. The number of aryl methyl sites for hydroxylation is 1. The van der Waals surface area contributed by atoms with Crippen molar-refractivity contribution in [2.75, 3.05) is 11.2 Å². The summed E-state index contributed by atoms with van der Waals surface area (Å²) < 4.78 is 1.02. The van der Waals surface area contributed by atoms with Gasteiger partial charge in [0.2, 0.25) is 11.0 Å². The van der Waals surface area contributed by atoms with Gasteiger partial charge < -0.3 is 11.2 Å². The monoisotopic (exact) mass is 415 g/mol. The summed E-state index contributed by atoms with van der Waals surface area (Å²) in [7, 11) is 0. The van der Waals surface area contributed by atoms with Crippen LogP contribution in [-0.2, 0) is 12.2 Å². The minimum absolute atomic E-state index is 0.0969. The standard InChI is InChI=1S/C20H22ClN5OS/c1-2-3-4-14-7-11-17(12-8-14)23-18-19(27)26(22)20(25-24-18)28-13-15-5-9-16(21)10-6-15/h5-12H,2-4,13,22H2,1H3,(H,23,24). The highest BCUT2D eigenvalue weighted by atomic mass is 35.5.